The summed E-state index contributed by atoms with van der Waals surface area (Å²) in [5, 5.41) is 13.4. The average molecular weight is 343 g/mol. The molecule has 1 heterocycles. The fourth-order valence-corrected chi connectivity index (χ4v) is 2.00. The highest BCUT2D eigenvalue weighted by Gasteiger charge is 2.10. The number of rotatable bonds is 9. The molecule has 0 aliphatic heterocycles. The second kappa shape index (κ2) is 9.11. The number of nitro groups is 1. The van der Waals surface area contributed by atoms with Crippen molar-refractivity contribution in [1.29, 1.82) is 0 Å². The third-order valence-electron chi connectivity index (χ3n) is 3.28. The zero-order valence-electron chi connectivity index (χ0n) is 13.4. The first-order chi connectivity index (χ1) is 12.1. The van der Waals surface area contributed by atoms with Crippen LogP contribution >= 0.6 is 0 Å². The number of hydrogen-bond acceptors (Lipinski definition) is 7. The van der Waals surface area contributed by atoms with E-state index >= 15 is 0 Å². The lowest BCUT2D eigenvalue weighted by molar-refractivity contribution is -0.385. The predicted molar refractivity (Wildman–Crippen MR) is 90.3 cm³/mol. The van der Waals surface area contributed by atoms with Crippen LogP contribution in [-0.4, -0.2) is 34.8 Å². The van der Waals surface area contributed by atoms with Gasteiger partial charge in [-0.2, -0.15) is 0 Å². The van der Waals surface area contributed by atoms with Crippen molar-refractivity contribution in [3.63, 3.8) is 0 Å². The van der Waals surface area contributed by atoms with Crippen molar-refractivity contribution in [1.82, 2.24) is 4.98 Å². The first kappa shape index (κ1) is 18.1. The van der Waals surface area contributed by atoms with Gasteiger partial charge in [-0.15, -0.1) is 0 Å². The number of carbonyl (C=O) groups excluding carboxylic acids is 2. The molecule has 0 bridgehead atoms. The van der Waals surface area contributed by atoms with Crippen molar-refractivity contribution < 1.29 is 19.2 Å². The van der Waals surface area contributed by atoms with E-state index in [0.29, 0.717) is 17.9 Å². The van der Waals surface area contributed by atoms with Gasteiger partial charge < -0.3 is 10.1 Å². The van der Waals surface area contributed by atoms with E-state index in [-0.39, 0.29) is 30.9 Å². The number of nitrogens with zero attached hydrogens (tertiary/aromatic N) is 2. The van der Waals surface area contributed by atoms with E-state index in [1.54, 1.807) is 24.3 Å². The van der Waals surface area contributed by atoms with Gasteiger partial charge in [0.1, 0.15) is 18.6 Å². The van der Waals surface area contributed by atoms with Crippen molar-refractivity contribution in [2.24, 2.45) is 0 Å². The minimum Gasteiger partial charge on any atom is -0.464 e. The van der Waals surface area contributed by atoms with E-state index in [0.717, 1.165) is 6.20 Å². The number of anilines is 1. The highest BCUT2D eigenvalue weighted by Crippen LogP contribution is 2.11. The van der Waals surface area contributed by atoms with E-state index in [2.05, 4.69) is 10.3 Å². The number of esters is 1. The standard InChI is InChI=1S/C17H17N3O5/c21-15(13-4-2-1-3-5-13)7-9-17(22)25-11-10-18-16-8-6-14(12-19-16)20(23)24/h1-6,8,12H,7,9-11H2,(H,18,19). The van der Waals surface area contributed by atoms with Gasteiger partial charge in [0.15, 0.2) is 5.78 Å². The van der Waals surface area contributed by atoms with Crippen LogP contribution in [0.15, 0.2) is 48.7 Å². The van der Waals surface area contributed by atoms with Crippen molar-refractivity contribution >= 4 is 23.3 Å². The monoisotopic (exact) mass is 343 g/mol. The fraction of sp³-hybridized carbons (Fsp3) is 0.235. The Labute approximate surface area is 144 Å². The Bertz CT molecular complexity index is 732. The molecule has 0 spiro atoms. The summed E-state index contributed by atoms with van der Waals surface area (Å²) < 4.78 is 5.02. The van der Waals surface area contributed by atoms with E-state index in [4.69, 9.17) is 4.74 Å². The van der Waals surface area contributed by atoms with Crippen LogP contribution in [-0.2, 0) is 9.53 Å². The normalized spacial score (nSPS) is 10.1. The average Bonchev–Trinajstić information content (AvgIpc) is 2.64. The van der Waals surface area contributed by atoms with Gasteiger partial charge in [-0.05, 0) is 6.07 Å². The van der Waals surface area contributed by atoms with Gasteiger partial charge in [0.25, 0.3) is 5.69 Å². The van der Waals surface area contributed by atoms with Crippen LogP contribution in [0.4, 0.5) is 11.5 Å². The summed E-state index contributed by atoms with van der Waals surface area (Å²) in [6.07, 6.45) is 1.26. The Morgan fingerprint density at radius 1 is 1.12 bits per heavy atom. The molecule has 1 aromatic carbocycles. The zero-order valence-corrected chi connectivity index (χ0v) is 13.4. The quantitative estimate of drug-likeness (QED) is 0.245. The minimum absolute atomic E-state index is 0.0174. The van der Waals surface area contributed by atoms with Crippen LogP contribution in [0, 0.1) is 10.1 Å². The number of hydrogen-bond donors (Lipinski definition) is 1. The minimum atomic E-state index is -0.532. The highest BCUT2D eigenvalue weighted by atomic mass is 16.6. The third kappa shape index (κ3) is 6.02. The van der Waals surface area contributed by atoms with Gasteiger partial charge >= 0.3 is 5.97 Å². The molecule has 2 rings (SSSR count). The number of ketones is 1. The second-order valence-electron chi connectivity index (χ2n) is 5.10. The van der Waals surface area contributed by atoms with Crippen molar-refractivity contribution in [2.75, 3.05) is 18.5 Å². The summed E-state index contributed by atoms with van der Waals surface area (Å²) >= 11 is 0. The highest BCUT2D eigenvalue weighted by molar-refractivity contribution is 5.97. The molecule has 8 heteroatoms. The number of Topliss-reactive ketones (excluding diaryl/α,β-unsaturated/α-hetero) is 1. The number of nitrogens with one attached hydrogen (secondary N) is 1. The van der Waals surface area contributed by atoms with E-state index in [1.165, 1.54) is 12.1 Å². The lowest BCUT2D eigenvalue weighted by atomic mass is 10.1. The molecule has 0 saturated heterocycles. The summed E-state index contributed by atoms with van der Waals surface area (Å²) in [5.74, 6) is -0.116. The lowest BCUT2D eigenvalue weighted by Gasteiger charge is -2.07. The van der Waals surface area contributed by atoms with Gasteiger partial charge in [-0.3, -0.25) is 19.7 Å². The van der Waals surface area contributed by atoms with E-state index in [9.17, 15) is 19.7 Å². The SMILES string of the molecule is O=C(CCC(=O)c1ccccc1)OCCNc1ccc([N+](=O)[O-])cn1. The van der Waals surface area contributed by atoms with E-state index in [1.807, 2.05) is 6.07 Å². The maximum absolute atomic E-state index is 11.9. The third-order valence-corrected chi connectivity index (χ3v) is 3.28. The Hall–Kier alpha value is -3.29. The summed E-state index contributed by atoms with van der Waals surface area (Å²) in [7, 11) is 0. The molecule has 0 unspecified atom stereocenters. The first-order valence-corrected chi connectivity index (χ1v) is 7.64. The molecule has 130 valence electrons. The molecule has 1 aromatic heterocycles. The Balaban J connectivity index is 1.63. The molecule has 0 radical (unpaired) electrons. The molecule has 0 aliphatic rings. The molecule has 2 aromatic rings. The smallest absolute Gasteiger partial charge is 0.306 e. The van der Waals surface area contributed by atoms with Gasteiger partial charge in [0.05, 0.1) is 17.9 Å². The molecule has 0 saturated carbocycles. The summed E-state index contributed by atoms with van der Waals surface area (Å²) in [6.45, 7) is 0.417. The largest absolute Gasteiger partial charge is 0.464 e. The van der Waals surface area contributed by atoms with Crippen molar-refractivity contribution in [3.8, 4) is 0 Å². The zero-order chi connectivity index (χ0) is 18.1. The molecule has 0 fully saturated rings. The van der Waals surface area contributed by atoms with Crippen LogP contribution in [0.3, 0.4) is 0 Å². The van der Waals surface area contributed by atoms with Gasteiger partial charge in [-0.1, -0.05) is 30.3 Å². The fourth-order valence-electron chi connectivity index (χ4n) is 2.00. The van der Waals surface area contributed by atoms with Gasteiger partial charge in [0, 0.05) is 18.1 Å². The summed E-state index contributed by atoms with van der Waals surface area (Å²) in [4.78, 5) is 37.3. The van der Waals surface area contributed by atoms with Crippen LogP contribution in [0.1, 0.15) is 23.2 Å². The molecular weight excluding hydrogens is 326 g/mol. The molecular formula is C17H17N3O5. The van der Waals surface area contributed by atoms with E-state index < -0.39 is 10.9 Å². The van der Waals surface area contributed by atoms with Crippen molar-refractivity contribution in [2.45, 2.75) is 12.8 Å². The van der Waals surface area contributed by atoms with Crippen LogP contribution < -0.4 is 5.32 Å². The predicted octanol–water partition coefficient (Wildman–Crippen LogP) is 2.61. The number of pyridine rings is 1. The van der Waals surface area contributed by atoms with Gasteiger partial charge in [-0.25, -0.2) is 4.98 Å². The van der Waals surface area contributed by atoms with Crippen LogP contribution in [0.25, 0.3) is 0 Å². The molecule has 25 heavy (non-hydrogen) atoms. The number of ether oxygens (including phenoxy) is 1. The lowest BCUT2D eigenvalue weighted by Crippen LogP contribution is -2.15. The van der Waals surface area contributed by atoms with Gasteiger partial charge in [0.2, 0.25) is 0 Å². The summed E-state index contributed by atoms with van der Waals surface area (Å²) in [6, 6.07) is 11.6. The number of carbonyl (C=O) groups is 2. The number of benzene rings is 1. The maximum atomic E-state index is 11.9. The van der Waals surface area contributed by atoms with Crippen LogP contribution in [0.5, 0.6) is 0 Å². The molecule has 8 nitrogen and oxygen atoms in total. The maximum Gasteiger partial charge on any atom is 0.306 e. The first-order valence-electron chi connectivity index (χ1n) is 7.64. The Morgan fingerprint density at radius 3 is 2.52 bits per heavy atom. The topological polar surface area (TPSA) is 111 Å². The summed E-state index contributed by atoms with van der Waals surface area (Å²) in [5.41, 5.74) is 0.473. The van der Waals surface area contributed by atoms with Crippen LogP contribution in [0.2, 0.25) is 0 Å². The van der Waals surface area contributed by atoms with Crippen molar-refractivity contribution in [3.05, 3.63) is 64.3 Å². The molecule has 1 N–H and O–H groups in total. The number of aromatic nitrogens is 1. The second-order valence-corrected chi connectivity index (χ2v) is 5.10. The Kier molecular flexibility index (Phi) is 6.58. The molecule has 0 atom stereocenters. The Morgan fingerprint density at radius 2 is 1.88 bits per heavy atom. The molecule has 0 aliphatic carbocycles. The molecule has 0 amide bonds.